The van der Waals surface area contributed by atoms with Crippen LogP contribution in [-0.4, -0.2) is 0 Å². The first-order valence-corrected chi connectivity index (χ1v) is 6.14. The van der Waals surface area contributed by atoms with E-state index >= 15 is 0 Å². The first-order chi connectivity index (χ1) is 9.35. The lowest BCUT2D eigenvalue weighted by molar-refractivity contribution is 0.416. The largest absolute Gasteiger partial charge is 0.462 e. The van der Waals surface area contributed by atoms with E-state index in [0.717, 1.165) is 17.7 Å². The second-order valence-electron chi connectivity index (χ2n) is 4.32. The van der Waals surface area contributed by atoms with Crippen LogP contribution >= 0.6 is 0 Å². The summed E-state index contributed by atoms with van der Waals surface area (Å²) in [4.78, 5) is 0. The van der Waals surface area contributed by atoms with Gasteiger partial charge in [-0.05, 0) is 22.8 Å². The molecular weight excluding hydrogens is 236 g/mol. The molecule has 2 heteroatoms. The molecule has 2 nitrogen and oxygen atoms in total. The summed E-state index contributed by atoms with van der Waals surface area (Å²) in [6, 6.07) is 12.3. The molecular formula is C17H14O2. The summed E-state index contributed by atoms with van der Waals surface area (Å²) in [6.07, 6.45) is 3.68. The van der Waals surface area contributed by atoms with E-state index in [-0.39, 0.29) is 0 Å². The van der Waals surface area contributed by atoms with Gasteiger partial charge in [0.25, 0.3) is 0 Å². The zero-order valence-corrected chi connectivity index (χ0v) is 10.6. The van der Waals surface area contributed by atoms with Crippen LogP contribution in [0.1, 0.15) is 11.1 Å². The molecule has 1 aliphatic carbocycles. The number of fused-ring (bicyclic) bond motifs is 3. The van der Waals surface area contributed by atoms with Gasteiger partial charge in [-0.3, -0.25) is 0 Å². The highest BCUT2D eigenvalue weighted by Gasteiger charge is 2.24. The Morgan fingerprint density at radius 3 is 2.47 bits per heavy atom. The van der Waals surface area contributed by atoms with E-state index in [1.165, 1.54) is 29.2 Å². The lowest BCUT2D eigenvalue weighted by atomic mass is 10.1. The molecule has 0 saturated carbocycles. The van der Waals surface area contributed by atoms with Crippen LogP contribution in [0.15, 0.2) is 62.1 Å². The molecule has 0 aliphatic heterocycles. The minimum absolute atomic E-state index is 0.668. The summed E-state index contributed by atoms with van der Waals surface area (Å²) >= 11 is 0. The summed E-state index contributed by atoms with van der Waals surface area (Å²) in [7, 11) is 0. The Kier molecular flexibility index (Phi) is 2.84. The molecule has 2 aromatic rings. The predicted molar refractivity (Wildman–Crippen MR) is 76.3 cm³/mol. The second-order valence-corrected chi connectivity index (χ2v) is 4.32. The number of hydrogen-bond donors (Lipinski definition) is 0. The van der Waals surface area contributed by atoms with E-state index in [9.17, 15) is 0 Å². The molecule has 0 spiro atoms. The molecule has 2 aromatic carbocycles. The Balaban J connectivity index is 2.18. The van der Waals surface area contributed by atoms with E-state index < -0.39 is 0 Å². The van der Waals surface area contributed by atoms with Crippen LogP contribution in [0.4, 0.5) is 0 Å². The van der Waals surface area contributed by atoms with Crippen molar-refractivity contribution >= 4 is 0 Å². The average Bonchev–Trinajstić information content (AvgIpc) is 2.81. The molecule has 0 heterocycles. The predicted octanol–water partition coefficient (Wildman–Crippen LogP) is 4.30. The topological polar surface area (TPSA) is 18.5 Å². The molecule has 3 rings (SSSR count). The van der Waals surface area contributed by atoms with Gasteiger partial charge in [-0.2, -0.15) is 0 Å². The summed E-state index contributed by atoms with van der Waals surface area (Å²) in [6.45, 7) is 7.21. The van der Waals surface area contributed by atoms with Gasteiger partial charge in [0, 0.05) is 12.0 Å². The highest BCUT2D eigenvalue weighted by Crippen LogP contribution is 2.45. The van der Waals surface area contributed by atoms with E-state index in [1.807, 2.05) is 6.07 Å². The minimum Gasteiger partial charge on any atom is -0.462 e. The maximum atomic E-state index is 5.55. The molecule has 0 amide bonds. The van der Waals surface area contributed by atoms with Gasteiger partial charge >= 0.3 is 0 Å². The van der Waals surface area contributed by atoms with E-state index in [4.69, 9.17) is 9.47 Å². The molecule has 0 bridgehead atoms. The number of hydrogen-bond acceptors (Lipinski definition) is 2. The van der Waals surface area contributed by atoms with Crippen LogP contribution < -0.4 is 9.47 Å². The SMILES string of the molecule is C=COc1ccc2c(c1OC=C)Cc1ccccc1-2. The van der Waals surface area contributed by atoms with Crippen molar-refractivity contribution in [2.24, 2.45) is 0 Å². The lowest BCUT2D eigenvalue weighted by Crippen LogP contribution is -1.93. The molecule has 0 unspecified atom stereocenters. The van der Waals surface area contributed by atoms with Crippen molar-refractivity contribution in [3.05, 3.63) is 73.2 Å². The normalized spacial score (nSPS) is 11.4. The maximum absolute atomic E-state index is 5.55. The zero-order chi connectivity index (χ0) is 13.2. The Morgan fingerprint density at radius 1 is 0.895 bits per heavy atom. The Bertz CT molecular complexity index is 656. The lowest BCUT2D eigenvalue weighted by Gasteiger charge is -2.12. The summed E-state index contributed by atoms with van der Waals surface area (Å²) in [5.41, 5.74) is 4.91. The summed E-state index contributed by atoms with van der Waals surface area (Å²) in [5.74, 6) is 1.39. The van der Waals surface area contributed by atoms with Crippen molar-refractivity contribution in [1.29, 1.82) is 0 Å². The third kappa shape index (κ3) is 1.82. The van der Waals surface area contributed by atoms with Crippen molar-refractivity contribution in [2.75, 3.05) is 0 Å². The number of benzene rings is 2. The monoisotopic (exact) mass is 250 g/mol. The van der Waals surface area contributed by atoms with Gasteiger partial charge in [0.1, 0.15) is 0 Å². The van der Waals surface area contributed by atoms with Crippen molar-refractivity contribution in [1.82, 2.24) is 0 Å². The molecule has 1 aliphatic rings. The molecule has 94 valence electrons. The third-order valence-corrected chi connectivity index (χ3v) is 3.31. The van der Waals surface area contributed by atoms with E-state index in [1.54, 1.807) is 0 Å². The van der Waals surface area contributed by atoms with Crippen molar-refractivity contribution < 1.29 is 9.47 Å². The van der Waals surface area contributed by atoms with Crippen LogP contribution in [0.5, 0.6) is 11.5 Å². The van der Waals surface area contributed by atoms with Crippen LogP contribution in [0.25, 0.3) is 11.1 Å². The van der Waals surface area contributed by atoms with Crippen LogP contribution in [0.3, 0.4) is 0 Å². The number of rotatable bonds is 4. The minimum atomic E-state index is 0.668. The van der Waals surface area contributed by atoms with Gasteiger partial charge in [-0.1, -0.05) is 43.5 Å². The quantitative estimate of drug-likeness (QED) is 0.643. The van der Waals surface area contributed by atoms with Gasteiger partial charge in [0.2, 0.25) is 0 Å². The Hall–Kier alpha value is -2.48. The first-order valence-electron chi connectivity index (χ1n) is 6.14. The van der Waals surface area contributed by atoms with Crippen molar-refractivity contribution in [3.8, 4) is 22.6 Å². The van der Waals surface area contributed by atoms with Crippen LogP contribution in [0, 0.1) is 0 Å². The molecule has 0 saturated heterocycles. The average molecular weight is 250 g/mol. The van der Waals surface area contributed by atoms with E-state index in [0.29, 0.717) is 5.75 Å². The van der Waals surface area contributed by atoms with E-state index in [2.05, 4.69) is 43.5 Å². The zero-order valence-electron chi connectivity index (χ0n) is 10.6. The Morgan fingerprint density at radius 2 is 1.68 bits per heavy atom. The van der Waals surface area contributed by atoms with Crippen molar-refractivity contribution in [3.63, 3.8) is 0 Å². The van der Waals surface area contributed by atoms with Crippen LogP contribution in [0.2, 0.25) is 0 Å². The molecule has 0 N–H and O–H groups in total. The molecule has 0 aromatic heterocycles. The highest BCUT2D eigenvalue weighted by molar-refractivity contribution is 5.80. The fourth-order valence-electron chi connectivity index (χ4n) is 2.56. The smallest absolute Gasteiger partial charge is 0.173 e. The molecule has 0 radical (unpaired) electrons. The first kappa shape index (κ1) is 11.6. The number of ether oxygens (including phenoxy) is 2. The van der Waals surface area contributed by atoms with Gasteiger partial charge in [-0.15, -0.1) is 0 Å². The van der Waals surface area contributed by atoms with Gasteiger partial charge < -0.3 is 9.47 Å². The Labute approximate surface area is 112 Å². The second kappa shape index (κ2) is 4.65. The van der Waals surface area contributed by atoms with Gasteiger partial charge in [0.05, 0.1) is 12.5 Å². The summed E-state index contributed by atoms with van der Waals surface area (Å²) in [5, 5.41) is 0. The molecule has 19 heavy (non-hydrogen) atoms. The maximum Gasteiger partial charge on any atom is 0.173 e. The highest BCUT2D eigenvalue weighted by atomic mass is 16.5. The summed E-state index contributed by atoms with van der Waals surface area (Å²) < 4.78 is 11.0. The fraction of sp³-hybridized carbons (Fsp3) is 0.0588. The van der Waals surface area contributed by atoms with Gasteiger partial charge in [-0.25, -0.2) is 0 Å². The fourth-order valence-corrected chi connectivity index (χ4v) is 2.56. The van der Waals surface area contributed by atoms with Crippen LogP contribution in [-0.2, 0) is 6.42 Å². The third-order valence-electron chi connectivity index (χ3n) is 3.31. The molecule has 0 fully saturated rings. The molecule has 0 atom stereocenters. The standard InChI is InChI=1S/C17H14O2/c1-3-18-16-10-9-14-13-8-6-5-7-12(13)11-15(14)17(16)19-4-2/h3-10H,1-2,11H2. The van der Waals surface area contributed by atoms with Gasteiger partial charge in [0.15, 0.2) is 11.5 Å². The van der Waals surface area contributed by atoms with Crippen molar-refractivity contribution in [2.45, 2.75) is 6.42 Å².